The van der Waals surface area contributed by atoms with Crippen molar-refractivity contribution in [1.82, 2.24) is 0 Å². The van der Waals surface area contributed by atoms with Gasteiger partial charge in [0.25, 0.3) is 0 Å². The Morgan fingerprint density at radius 2 is 2.21 bits per heavy atom. The highest BCUT2D eigenvalue weighted by Gasteiger charge is 2.40. The van der Waals surface area contributed by atoms with Gasteiger partial charge in [0.1, 0.15) is 0 Å². The molecule has 3 atom stereocenters. The summed E-state index contributed by atoms with van der Waals surface area (Å²) in [7, 11) is 0. The standard InChI is InChI=1S/C16H20ClNO/c1-10-14(17)3-2-4-15(10)18-16(19)9-13-8-11-5-6-12(13)7-11/h2-4,11-13H,5-9H2,1H3,(H,18,19)/t11-,12-,13-/m1/s1. The molecule has 0 heterocycles. The van der Waals surface area contributed by atoms with Gasteiger partial charge in [-0.1, -0.05) is 24.1 Å². The zero-order chi connectivity index (χ0) is 13.4. The zero-order valence-corrected chi connectivity index (χ0v) is 12.0. The van der Waals surface area contributed by atoms with Gasteiger partial charge < -0.3 is 5.32 Å². The largest absolute Gasteiger partial charge is 0.326 e. The first-order valence-corrected chi connectivity index (χ1v) is 7.56. The van der Waals surface area contributed by atoms with Crippen LogP contribution in [0, 0.1) is 24.7 Å². The number of carbonyl (C=O) groups is 1. The van der Waals surface area contributed by atoms with E-state index in [-0.39, 0.29) is 5.91 Å². The topological polar surface area (TPSA) is 29.1 Å². The fourth-order valence-corrected chi connectivity index (χ4v) is 3.98. The normalized spacial score (nSPS) is 28.6. The van der Waals surface area contributed by atoms with Crippen LogP contribution in [-0.4, -0.2) is 5.91 Å². The lowest BCUT2D eigenvalue weighted by molar-refractivity contribution is -0.117. The van der Waals surface area contributed by atoms with Crippen molar-refractivity contribution in [2.45, 2.75) is 39.0 Å². The van der Waals surface area contributed by atoms with Gasteiger partial charge in [0.2, 0.25) is 5.91 Å². The van der Waals surface area contributed by atoms with Crippen molar-refractivity contribution in [1.29, 1.82) is 0 Å². The van der Waals surface area contributed by atoms with E-state index in [4.69, 9.17) is 11.6 Å². The maximum absolute atomic E-state index is 12.2. The van der Waals surface area contributed by atoms with E-state index in [1.54, 1.807) is 0 Å². The number of anilines is 1. The third kappa shape index (κ3) is 2.64. The van der Waals surface area contributed by atoms with E-state index in [1.807, 2.05) is 25.1 Å². The van der Waals surface area contributed by atoms with Gasteiger partial charge in [0, 0.05) is 17.1 Å². The summed E-state index contributed by atoms with van der Waals surface area (Å²) in [6.45, 7) is 1.94. The molecule has 0 spiro atoms. The molecule has 1 N–H and O–H groups in total. The van der Waals surface area contributed by atoms with E-state index in [0.717, 1.165) is 23.1 Å². The molecule has 2 nitrogen and oxygen atoms in total. The highest BCUT2D eigenvalue weighted by atomic mass is 35.5. The van der Waals surface area contributed by atoms with Crippen molar-refractivity contribution in [3.05, 3.63) is 28.8 Å². The second-order valence-corrected chi connectivity index (χ2v) is 6.51. The molecule has 2 saturated carbocycles. The van der Waals surface area contributed by atoms with Gasteiger partial charge in [-0.15, -0.1) is 0 Å². The van der Waals surface area contributed by atoms with Crippen LogP contribution in [0.3, 0.4) is 0 Å². The molecule has 3 heteroatoms. The second-order valence-electron chi connectivity index (χ2n) is 6.10. The van der Waals surface area contributed by atoms with Crippen molar-refractivity contribution >= 4 is 23.2 Å². The summed E-state index contributed by atoms with van der Waals surface area (Å²) in [6.07, 6.45) is 6.00. The molecule has 0 radical (unpaired) electrons. The van der Waals surface area contributed by atoms with Crippen molar-refractivity contribution in [2.75, 3.05) is 5.32 Å². The van der Waals surface area contributed by atoms with Gasteiger partial charge in [-0.2, -0.15) is 0 Å². The molecule has 102 valence electrons. The lowest BCUT2D eigenvalue weighted by Gasteiger charge is -2.21. The molecule has 2 fully saturated rings. The van der Waals surface area contributed by atoms with Crippen molar-refractivity contribution in [2.24, 2.45) is 17.8 Å². The second kappa shape index (κ2) is 5.16. The molecule has 19 heavy (non-hydrogen) atoms. The first-order valence-electron chi connectivity index (χ1n) is 7.18. The molecular formula is C16H20ClNO. The number of nitrogens with one attached hydrogen (secondary N) is 1. The molecule has 1 aromatic rings. The van der Waals surface area contributed by atoms with Crippen molar-refractivity contribution in [3.8, 4) is 0 Å². The van der Waals surface area contributed by atoms with E-state index in [1.165, 1.54) is 25.7 Å². The molecule has 3 rings (SSSR count). The van der Waals surface area contributed by atoms with E-state index < -0.39 is 0 Å². The van der Waals surface area contributed by atoms with Crippen LogP contribution in [-0.2, 0) is 4.79 Å². The van der Waals surface area contributed by atoms with Crippen LogP contribution in [0.5, 0.6) is 0 Å². The minimum absolute atomic E-state index is 0.142. The highest BCUT2D eigenvalue weighted by Crippen LogP contribution is 2.49. The predicted molar refractivity (Wildman–Crippen MR) is 78.4 cm³/mol. The summed E-state index contributed by atoms with van der Waals surface area (Å²) in [5.41, 5.74) is 1.80. The molecule has 0 aliphatic heterocycles. The van der Waals surface area contributed by atoms with Gasteiger partial charge in [0.15, 0.2) is 0 Å². The van der Waals surface area contributed by atoms with Crippen LogP contribution in [0.2, 0.25) is 5.02 Å². The molecule has 1 aromatic carbocycles. The van der Waals surface area contributed by atoms with Crippen LogP contribution in [0.1, 0.15) is 37.7 Å². The summed E-state index contributed by atoms with van der Waals surface area (Å²) in [4.78, 5) is 12.2. The zero-order valence-electron chi connectivity index (χ0n) is 11.3. The summed E-state index contributed by atoms with van der Waals surface area (Å²) < 4.78 is 0. The number of amides is 1. The Morgan fingerprint density at radius 3 is 2.89 bits per heavy atom. The lowest BCUT2D eigenvalue weighted by Crippen LogP contribution is -2.20. The Balaban J connectivity index is 1.61. The quantitative estimate of drug-likeness (QED) is 0.871. The van der Waals surface area contributed by atoms with Gasteiger partial charge in [0.05, 0.1) is 0 Å². The van der Waals surface area contributed by atoms with Crippen LogP contribution in [0.15, 0.2) is 18.2 Å². The third-order valence-electron chi connectivity index (χ3n) is 4.87. The number of carbonyl (C=O) groups excluding carboxylic acids is 1. The maximum Gasteiger partial charge on any atom is 0.224 e. The smallest absolute Gasteiger partial charge is 0.224 e. The summed E-state index contributed by atoms with van der Waals surface area (Å²) in [5.74, 6) is 2.45. The predicted octanol–water partition coefficient (Wildman–Crippen LogP) is 4.41. The highest BCUT2D eigenvalue weighted by molar-refractivity contribution is 6.31. The average molecular weight is 278 g/mol. The Labute approximate surface area is 119 Å². The summed E-state index contributed by atoms with van der Waals surface area (Å²) in [5, 5.41) is 3.72. The molecule has 0 unspecified atom stereocenters. The minimum atomic E-state index is 0.142. The minimum Gasteiger partial charge on any atom is -0.326 e. The first-order chi connectivity index (χ1) is 9.13. The molecule has 2 bridgehead atoms. The molecule has 2 aliphatic rings. The fraction of sp³-hybridized carbons (Fsp3) is 0.562. The van der Waals surface area contributed by atoms with Gasteiger partial charge in [-0.25, -0.2) is 0 Å². The van der Waals surface area contributed by atoms with Gasteiger partial charge in [-0.3, -0.25) is 4.79 Å². The maximum atomic E-state index is 12.2. The van der Waals surface area contributed by atoms with E-state index in [9.17, 15) is 4.79 Å². The Morgan fingerprint density at radius 1 is 1.37 bits per heavy atom. The Hall–Kier alpha value is -1.02. The molecule has 1 amide bonds. The van der Waals surface area contributed by atoms with Gasteiger partial charge in [-0.05, 0) is 61.6 Å². The van der Waals surface area contributed by atoms with Crippen molar-refractivity contribution < 1.29 is 4.79 Å². The third-order valence-corrected chi connectivity index (χ3v) is 5.28. The molecular weight excluding hydrogens is 258 g/mol. The molecule has 0 aromatic heterocycles. The number of hydrogen-bond donors (Lipinski definition) is 1. The number of hydrogen-bond acceptors (Lipinski definition) is 1. The Bertz CT molecular complexity index is 500. The van der Waals surface area contributed by atoms with Crippen LogP contribution < -0.4 is 5.32 Å². The van der Waals surface area contributed by atoms with Crippen LogP contribution in [0.4, 0.5) is 5.69 Å². The van der Waals surface area contributed by atoms with E-state index in [0.29, 0.717) is 17.4 Å². The number of halogens is 1. The monoisotopic (exact) mass is 277 g/mol. The van der Waals surface area contributed by atoms with Gasteiger partial charge >= 0.3 is 0 Å². The van der Waals surface area contributed by atoms with Crippen LogP contribution in [0.25, 0.3) is 0 Å². The molecule has 0 saturated heterocycles. The summed E-state index contributed by atoms with van der Waals surface area (Å²) >= 11 is 6.07. The van der Waals surface area contributed by atoms with Crippen LogP contribution >= 0.6 is 11.6 Å². The van der Waals surface area contributed by atoms with Crippen molar-refractivity contribution in [3.63, 3.8) is 0 Å². The van der Waals surface area contributed by atoms with E-state index >= 15 is 0 Å². The summed E-state index contributed by atoms with van der Waals surface area (Å²) in [6, 6.07) is 5.64. The number of rotatable bonds is 3. The number of benzene rings is 1. The van der Waals surface area contributed by atoms with E-state index in [2.05, 4.69) is 5.32 Å². The Kier molecular flexibility index (Phi) is 3.53. The lowest BCUT2D eigenvalue weighted by atomic mass is 9.86. The fourth-order valence-electron chi connectivity index (χ4n) is 3.81. The first kappa shape index (κ1) is 13.0. The average Bonchev–Trinajstić information content (AvgIpc) is 2.97. The SMILES string of the molecule is Cc1c(Cl)cccc1NC(=O)C[C@H]1C[C@@H]2CC[C@@H]1C2. The number of fused-ring (bicyclic) bond motifs is 2. The molecule has 2 aliphatic carbocycles.